The number of ether oxygens (including phenoxy) is 1. The fourth-order valence-corrected chi connectivity index (χ4v) is 6.72. The number of aromatic nitrogens is 5. The van der Waals surface area contributed by atoms with Crippen molar-refractivity contribution in [1.29, 1.82) is 0 Å². The highest BCUT2D eigenvalue weighted by molar-refractivity contribution is 9.10. The Morgan fingerprint density at radius 1 is 1.21 bits per heavy atom. The summed E-state index contributed by atoms with van der Waals surface area (Å²) < 4.78 is 8.91. The summed E-state index contributed by atoms with van der Waals surface area (Å²) in [6, 6.07) is 10.4. The highest BCUT2D eigenvalue weighted by atomic mass is 79.9. The van der Waals surface area contributed by atoms with E-state index in [9.17, 15) is 0 Å². The van der Waals surface area contributed by atoms with Gasteiger partial charge in [-0.25, -0.2) is 4.98 Å². The molecule has 4 aromatic rings. The second-order valence-electron chi connectivity index (χ2n) is 8.52. The molecule has 0 saturated heterocycles. The predicted molar refractivity (Wildman–Crippen MR) is 141 cm³/mol. The van der Waals surface area contributed by atoms with Crippen LogP contribution in [0.2, 0.25) is 0 Å². The first-order valence-electron chi connectivity index (χ1n) is 11.4. The average Bonchev–Trinajstić information content (AvgIpc) is 3.51. The molecule has 0 bridgehead atoms. The van der Waals surface area contributed by atoms with Crippen LogP contribution >= 0.6 is 39.0 Å². The third-order valence-electron chi connectivity index (χ3n) is 6.27. The van der Waals surface area contributed by atoms with Gasteiger partial charge < -0.3 is 4.74 Å². The standard InChI is InChI=1S/C25H26BrN5OS2/c1-16-6-3-4-8-21(16)31-23(17-7-5-11-27-13-17)29-30-25(31)34-15-19-14-33-24(28-19)20-12-18(26)9-10-22(20)32-2/h5,7,9-14,16,21H,3-4,6,8,15H2,1-2H3/t16-,21-/m1/s1. The maximum atomic E-state index is 5.54. The number of nitrogens with zero attached hydrogens (tertiary/aromatic N) is 5. The molecule has 5 rings (SSSR count). The van der Waals surface area contributed by atoms with E-state index in [1.54, 1.807) is 36.4 Å². The van der Waals surface area contributed by atoms with Crippen molar-refractivity contribution in [2.75, 3.05) is 7.11 Å². The Morgan fingerprint density at radius 3 is 2.88 bits per heavy atom. The Bertz CT molecular complexity index is 1260. The SMILES string of the molecule is COc1ccc(Br)cc1-c1nc(CSc2nnc(-c3cccnc3)n2[C@@H]2CCCC[C@H]2C)cs1. The van der Waals surface area contributed by atoms with E-state index in [0.29, 0.717) is 12.0 Å². The van der Waals surface area contributed by atoms with Crippen molar-refractivity contribution in [3.63, 3.8) is 0 Å². The molecule has 6 nitrogen and oxygen atoms in total. The van der Waals surface area contributed by atoms with Gasteiger partial charge in [-0.15, -0.1) is 21.5 Å². The molecule has 34 heavy (non-hydrogen) atoms. The fourth-order valence-electron chi connectivity index (χ4n) is 4.53. The van der Waals surface area contributed by atoms with Crippen molar-refractivity contribution >= 4 is 39.0 Å². The topological polar surface area (TPSA) is 65.7 Å². The molecular weight excluding hydrogens is 530 g/mol. The van der Waals surface area contributed by atoms with E-state index in [0.717, 1.165) is 55.2 Å². The van der Waals surface area contributed by atoms with Crippen LogP contribution in [0.3, 0.4) is 0 Å². The molecular formula is C25H26BrN5OS2. The summed E-state index contributed by atoms with van der Waals surface area (Å²) >= 11 is 6.90. The second kappa shape index (κ2) is 10.6. The molecule has 2 atom stereocenters. The summed E-state index contributed by atoms with van der Waals surface area (Å²) in [6.07, 6.45) is 8.61. The van der Waals surface area contributed by atoms with Gasteiger partial charge in [-0.1, -0.05) is 47.5 Å². The van der Waals surface area contributed by atoms with Crippen LogP contribution in [0.4, 0.5) is 0 Å². The van der Waals surface area contributed by atoms with Crippen LogP contribution in [0.25, 0.3) is 22.0 Å². The first-order valence-corrected chi connectivity index (χ1v) is 14.1. The molecule has 0 amide bonds. The fraction of sp³-hybridized carbons (Fsp3) is 0.360. The number of thiazole rings is 1. The Morgan fingerprint density at radius 2 is 2.09 bits per heavy atom. The second-order valence-corrected chi connectivity index (χ2v) is 11.2. The van der Waals surface area contributed by atoms with Crippen LogP contribution in [-0.4, -0.2) is 31.8 Å². The minimum absolute atomic E-state index is 0.401. The lowest BCUT2D eigenvalue weighted by molar-refractivity contribution is 0.247. The van der Waals surface area contributed by atoms with Crippen LogP contribution in [0, 0.1) is 5.92 Å². The maximum Gasteiger partial charge on any atom is 0.192 e. The van der Waals surface area contributed by atoms with Gasteiger partial charge in [-0.05, 0) is 49.1 Å². The lowest BCUT2D eigenvalue weighted by Crippen LogP contribution is -2.22. The maximum absolute atomic E-state index is 5.54. The molecule has 1 aliphatic rings. The molecule has 0 radical (unpaired) electrons. The number of thioether (sulfide) groups is 1. The van der Waals surface area contributed by atoms with Crippen molar-refractivity contribution < 1.29 is 4.74 Å². The zero-order chi connectivity index (χ0) is 23.5. The van der Waals surface area contributed by atoms with Crippen LogP contribution < -0.4 is 4.74 Å². The minimum atomic E-state index is 0.401. The van der Waals surface area contributed by atoms with Gasteiger partial charge in [0.15, 0.2) is 11.0 Å². The summed E-state index contributed by atoms with van der Waals surface area (Å²) in [5.74, 6) is 3.06. The van der Waals surface area contributed by atoms with Crippen molar-refractivity contribution in [1.82, 2.24) is 24.7 Å². The number of halogens is 1. The Hall–Kier alpha value is -2.23. The molecule has 0 N–H and O–H groups in total. The summed E-state index contributed by atoms with van der Waals surface area (Å²) in [7, 11) is 1.69. The average molecular weight is 557 g/mol. The van der Waals surface area contributed by atoms with Gasteiger partial charge in [-0.2, -0.15) is 0 Å². The molecule has 3 aromatic heterocycles. The molecule has 3 heterocycles. The summed E-state index contributed by atoms with van der Waals surface area (Å²) in [4.78, 5) is 9.21. The van der Waals surface area contributed by atoms with Gasteiger partial charge >= 0.3 is 0 Å². The van der Waals surface area contributed by atoms with E-state index in [4.69, 9.17) is 9.72 Å². The smallest absolute Gasteiger partial charge is 0.192 e. The lowest BCUT2D eigenvalue weighted by atomic mass is 9.85. The molecule has 0 spiro atoms. The van der Waals surface area contributed by atoms with E-state index in [-0.39, 0.29) is 0 Å². The summed E-state index contributed by atoms with van der Waals surface area (Å²) in [5.41, 5.74) is 3.04. The molecule has 0 unspecified atom stereocenters. The summed E-state index contributed by atoms with van der Waals surface area (Å²) in [6.45, 7) is 2.35. The third kappa shape index (κ3) is 4.92. The molecule has 1 aromatic carbocycles. The van der Waals surface area contributed by atoms with E-state index < -0.39 is 0 Å². The highest BCUT2D eigenvalue weighted by Gasteiger charge is 2.28. The van der Waals surface area contributed by atoms with Gasteiger partial charge in [0.05, 0.1) is 18.4 Å². The van der Waals surface area contributed by atoms with Crippen molar-refractivity contribution in [3.05, 3.63) is 58.3 Å². The third-order valence-corrected chi connectivity index (χ3v) is 8.67. The van der Waals surface area contributed by atoms with E-state index in [1.165, 1.54) is 19.3 Å². The number of methoxy groups -OCH3 is 1. The number of hydrogen-bond donors (Lipinski definition) is 0. The number of hydrogen-bond acceptors (Lipinski definition) is 7. The Balaban J connectivity index is 1.41. The van der Waals surface area contributed by atoms with Gasteiger partial charge in [0.25, 0.3) is 0 Å². The lowest BCUT2D eigenvalue weighted by Gasteiger charge is -2.31. The van der Waals surface area contributed by atoms with Gasteiger partial charge in [0, 0.05) is 39.6 Å². The Labute approximate surface area is 216 Å². The van der Waals surface area contributed by atoms with E-state index in [1.807, 2.05) is 24.4 Å². The zero-order valence-electron chi connectivity index (χ0n) is 19.1. The van der Waals surface area contributed by atoms with Crippen LogP contribution in [-0.2, 0) is 5.75 Å². The first kappa shape index (κ1) is 23.5. The van der Waals surface area contributed by atoms with Crippen LogP contribution in [0.5, 0.6) is 5.75 Å². The summed E-state index contributed by atoms with van der Waals surface area (Å²) in [5, 5.41) is 13.2. The van der Waals surface area contributed by atoms with E-state index in [2.05, 4.69) is 60.1 Å². The number of pyridine rings is 1. The van der Waals surface area contributed by atoms with Gasteiger partial charge in [0.2, 0.25) is 0 Å². The molecule has 1 fully saturated rings. The monoisotopic (exact) mass is 555 g/mol. The van der Waals surface area contributed by atoms with Crippen molar-refractivity contribution in [2.45, 2.75) is 49.6 Å². The number of benzene rings is 1. The molecule has 1 aliphatic carbocycles. The molecule has 1 saturated carbocycles. The number of rotatable bonds is 7. The predicted octanol–water partition coefficient (Wildman–Crippen LogP) is 7.28. The highest BCUT2D eigenvalue weighted by Crippen LogP contribution is 2.40. The largest absolute Gasteiger partial charge is 0.496 e. The minimum Gasteiger partial charge on any atom is -0.496 e. The van der Waals surface area contributed by atoms with Gasteiger partial charge in [-0.3, -0.25) is 9.55 Å². The quantitative estimate of drug-likeness (QED) is 0.223. The van der Waals surface area contributed by atoms with Crippen LogP contribution in [0.15, 0.2) is 57.7 Å². The van der Waals surface area contributed by atoms with Crippen molar-refractivity contribution in [3.8, 4) is 27.7 Å². The molecule has 9 heteroatoms. The molecule has 176 valence electrons. The van der Waals surface area contributed by atoms with Crippen molar-refractivity contribution in [2.24, 2.45) is 5.92 Å². The normalized spacial score (nSPS) is 18.2. The molecule has 0 aliphatic heterocycles. The Kier molecular flexibility index (Phi) is 7.32. The van der Waals surface area contributed by atoms with Gasteiger partial charge in [0.1, 0.15) is 10.8 Å². The van der Waals surface area contributed by atoms with Crippen LogP contribution in [0.1, 0.15) is 44.3 Å². The first-order chi connectivity index (χ1) is 16.6. The van der Waals surface area contributed by atoms with E-state index >= 15 is 0 Å². The zero-order valence-corrected chi connectivity index (χ0v) is 22.4.